The second kappa shape index (κ2) is 14.8. The zero-order valence-corrected chi connectivity index (χ0v) is 29.4. The lowest BCUT2D eigenvalue weighted by molar-refractivity contribution is -0.111. The molecular formula is C34H46ClN9O4. The van der Waals surface area contributed by atoms with Crippen LogP contribution >= 0.6 is 11.6 Å². The van der Waals surface area contributed by atoms with Gasteiger partial charge in [-0.15, -0.1) is 0 Å². The number of piperidine rings is 2. The highest BCUT2D eigenvalue weighted by atomic mass is 35.5. The van der Waals surface area contributed by atoms with Crippen LogP contribution in [0.5, 0.6) is 5.75 Å². The Morgan fingerprint density at radius 3 is 2.40 bits per heavy atom. The summed E-state index contributed by atoms with van der Waals surface area (Å²) in [7, 11) is 5.81. The van der Waals surface area contributed by atoms with Crippen LogP contribution in [0.4, 0.5) is 27.8 Å². The van der Waals surface area contributed by atoms with Gasteiger partial charge in [0.15, 0.2) is 0 Å². The first-order chi connectivity index (χ1) is 22.8. The number of carbonyl (C=O) groups excluding carboxylic acids is 2. The zero-order chi connectivity index (χ0) is 34.6. The summed E-state index contributed by atoms with van der Waals surface area (Å²) in [5, 5.41) is 11.2. The monoisotopic (exact) mass is 679 g/mol. The maximum atomic E-state index is 12.5. The van der Waals surface area contributed by atoms with E-state index in [4.69, 9.17) is 26.1 Å². The first kappa shape index (κ1) is 35.0. The van der Waals surface area contributed by atoms with Crippen LogP contribution in [0.25, 0.3) is 11.3 Å². The van der Waals surface area contributed by atoms with Gasteiger partial charge in [0.1, 0.15) is 11.4 Å². The number of nitrogens with one attached hydrogen (secondary N) is 2. The Balaban J connectivity index is 1.34. The normalized spacial score (nSPS) is 16.2. The number of methoxy groups -OCH3 is 1. The summed E-state index contributed by atoms with van der Waals surface area (Å²) in [6.07, 6.45) is 9.66. The third-order valence-corrected chi connectivity index (χ3v) is 8.93. The number of benzene rings is 1. The summed E-state index contributed by atoms with van der Waals surface area (Å²) in [6.45, 7) is 12.1. The third kappa shape index (κ3) is 8.37. The molecule has 0 spiro atoms. The average molecular weight is 680 g/mol. The van der Waals surface area contributed by atoms with Crippen molar-refractivity contribution in [3.05, 3.63) is 48.4 Å². The minimum Gasteiger partial charge on any atom is -0.494 e. The molecule has 258 valence electrons. The van der Waals surface area contributed by atoms with Gasteiger partial charge in [0.25, 0.3) is 0 Å². The molecule has 4 heterocycles. The smallest absolute Gasteiger partial charge is 0.410 e. The maximum Gasteiger partial charge on any atom is 0.410 e. The van der Waals surface area contributed by atoms with E-state index in [0.717, 1.165) is 50.0 Å². The van der Waals surface area contributed by atoms with E-state index >= 15 is 0 Å². The van der Waals surface area contributed by atoms with Crippen LogP contribution in [0.15, 0.2) is 43.4 Å². The largest absolute Gasteiger partial charge is 0.494 e. The maximum absolute atomic E-state index is 12.5. The highest BCUT2D eigenvalue weighted by Gasteiger charge is 2.29. The Labute approximate surface area is 287 Å². The zero-order valence-electron chi connectivity index (χ0n) is 28.6. The third-order valence-electron chi connectivity index (χ3n) is 8.65. The van der Waals surface area contributed by atoms with Crippen LogP contribution in [-0.2, 0) is 9.53 Å². The average Bonchev–Trinajstić information content (AvgIpc) is 3.55. The van der Waals surface area contributed by atoms with Crippen LogP contribution in [-0.4, -0.2) is 101 Å². The van der Waals surface area contributed by atoms with Crippen molar-refractivity contribution < 1.29 is 19.1 Å². The van der Waals surface area contributed by atoms with Gasteiger partial charge in [0, 0.05) is 50.0 Å². The molecule has 2 saturated heterocycles. The predicted molar refractivity (Wildman–Crippen MR) is 188 cm³/mol. The number of aromatic nitrogens is 4. The fourth-order valence-corrected chi connectivity index (χ4v) is 6.25. The minimum atomic E-state index is -0.531. The van der Waals surface area contributed by atoms with Gasteiger partial charge in [-0.3, -0.25) is 9.48 Å². The van der Waals surface area contributed by atoms with Crippen molar-refractivity contribution >= 4 is 46.6 Å². The van der Waals surface area contributed by atoms with Crippen molar-refractivity contribution in [1.82, 2.24) is 29.5 Å². The first-order valence-electron chi connectivity index (χ1n) is 16.2. The Morgan fingerprint density at radius 1 is 1.06 bits per heavy atom. The Bertz CT molecular complexity index is 1620. The van der Waals surface area contributed by atoms with Crippen molar-refractivity contribution in [2.24, 2.45) is 0 Å². The van der Waals surface area contributed by atoms with E-state index in [1.165, 1.54) is 6.08 Å². The lowest BCUT2D eigenvalue weighted by atomic mass is 10.0. The number of halogens is 1. The molecule has 48 heavy (non-hydrogen) atoms. The lowest BCUT2D eigenvalue weighted by Crippen LogP contribution is -2.42. The molecule has 14 heteroatoms. The second-order valence-electron chi connectivity index (χ2n) is 13.4. The van der Waals surface area contributed by atoms with Crippen LogP contribution in [0.3, 0.4) is 0 Å². The molecule has 1 aromatic carbocycles. The number of nitrogens with zero attached hydrogens (tertiary/aromatic N) is 7. The van der Waals surface area contributed by atoms with Crippen LogP contribution in [0.1, 0.15) is 52.5 Å². The predicted octanol–water partition coefficient (Wildman–Crippen LogP) is 5.97. The standard InChI is InChI=1S/C34H46ClN9O4/c1-8-30(45)38-26-17-27(29(47-7)18-28(26)42-13-9-23(10-14-42)41(5)6)39-32-36-20-25(35)31(40-32)22-19-37-44(21-22)24-11-15-43(16-12-24)33(46)48-34(2,3)4/h8,17-21,23-24H,1,9-16H2,2-7H3,(H,38,45)(H,36,39,40). The summed E-state index contributed by atoms with van der Waals surface area (Å²) >= 11 is 6.59. The van der Waals surface area contributed by atoms with E-state index < -0.39 is 5.60 Å². The van der Waals surface area contributed by atoms with Crippen LogP contribution in [0, 0.1) is 0 Å². The van der Waals surface area contributed by atoms with E-state index in [9.17, 15) is 9.59 Å². The number of amides is 2. The van der Waals surface area contributed by atoms with Crippen molar-refractivity contribution in [2.45, 2.75) is 64.1 Å². The molecular weight excluding hydrogens is 634 g/mol. The molecule has 2 amide bonds. The molecule has 2 aliphatic rings. The molecule has 0 aliphatic carbocycles. The van der Waals surface area contributed by atoms with E-state index in [-0.39, 0.29) is 18.0 Å². The van der Waals surface area contributed by atoms with Crippen molar-refractivity contribution in [3.8, 4) is 17.0 Å². The highest BCUT2D eigenvalue weighted by Crippen LogP contribution is 2.40. The number of anilines is 4. The minimum absolute atomic E-state index is 0.122. The van der Waals surface area contributed by atoms with Gasteiger partial charge in [-0.1, -0.05) is 18.2 Å². The number of hydrogen-bond acceptors (Lipinski definition) is 10. The summed E-state index contributed by atoms with van der Waals surface area (Å²) in [5.74, 6) is 0.557. The molecule has 0 radical (unpaired) electrons. The summed E-state index contributed by atoms with van der Waals surface area (Å²) in [4.78, 5) is 40.4. The van der Waals surface area contributed by atoms with Gasteiger partial charge in [-0.05, 0) is 72.7 Å². The van der Waals surface area contributed by atoms with Gasteiger partial charge in [0.2, 0.25) is 11.9 Å². The molecule has 13 nitrogen and oxygen atoms in total. The van der Waals surface area contributed by atoms with Crippen molar-refractivity contribution in [3.63, 3.8) is 0 Å². The quantitative estimate of drug-likeness (QED) is 0.261. The SMILES string of the molecule is C=CC(=O)Nc1cc(Nc2ncc(Cl)c(-c3cnn(C4CCN(C(=O)OC(C)(C)C)CC4)c3)n2)c(OC)cc1N1CCC(N(C)C)CC1. The number of ether oxygens (including phenoxy) is 2. The molecule has 0 unspecified atom stereocenters. The van der Waals surface area contributed by atoms with E-state index in [2.05, 4.69) is 51.2 Å². The molecule has 3 aromatic rings. The fourth-order valence-electron chi connectivity index (χ4n) is 6.05. The highest BCUT2D eigenvalue weighted by molar-refractivity contribution is 6.32. The molecule has 5 rings (SSSR count). The topological polar surface area (TPSA) is 130 Å². The Hall–Kier alpha value is -4.36. The van der Waals surface area contributed by atoms with Crippen molar-refractivity contribution in [2.75, 3.05) is 62.9 Å². The molecule has 2 fully saturated rings. The van der Waals surface area contributed by atoms with Crippen LogP contribution < -0.4 is 20.3 Å². The number of carbonyl (C=O) groups is 2. The van der Waals surface area contributed by atoms with Gasteiger partial charge in [-0.25, -0.2) is 14.8 Å². The van der Waals surface area contributed by atoms with E-state index in [1.54, 1.807) is 24.4 Å². The Morgan fingerprint density at radius 2 is 1.77 bits per heavy atom. The molecule has 0 atom stereocenters. The van der Waals surface area contributed by atoms with Gasteiger partial charge in [0.05, 0.1) is 53.3 Å². The molecule has 2 N–H and O–H groups in total. The molecule has 2 aromatic heterocycles. The summed E-state index contributed by atoms with van der Waals surface area (Å²) < 4.78 is 13.2. The fraction of sp³-hybridized carbons (Fsp3) is 0.500. The molecule has 0 saturated carbocycles. The van der Waals surface area contributed by atoms with Gasteiger partial charge in [-0.2, -0.15) is 5.10 Å². The summed E-state index contributed by atoms with van der Waals surface area (Å²) in [6, 6.07) is 4.38. The summed E-state index contributed by atoms with van der Waals surface area (Å²) in [5.41, 5.74) is 2.79. The van der Waals surface area contributed by atoms with E-state index in [1.807, 2.05) is 43.8 Å². The van der Waals surface area contributed by atoms with Gasteiger partial charge >= 0.3 is 6.09 Å². The Kier molecular flexibility index (Phi) is 10.8. The van der Waals surface area contributed by atoms with E-state index in [0.29, 0.717) is 52.9 Å². The first-order valence-corrected chi connectivity index (χ1v) is 16.6. The van der Waals surface area contributed by atoms with Crippen LogP contribution in [0.2, 0.25) is 5.02 Å². The number of hydrogen-bond donors (Lipinski definition) is 2. The molecule has 0 bridgehead atoms. The molecule has 2 aliphatic heterocycles. The lowest BCUT2D eigenvalue weighted by Gasteiger charge is -2.37. The number of rotatable bonds is 9. The van der Waals surface area contributed by atoms with Crippen molar-refractivity contribution in [1.29, 1.82) is 0 Å². The van der Waals surface area contributed by atoms with Gasteiger partial charge < -0.3 is 34.8 Å². The number of likely N-dealkylation sites (tertiary alicyclic amines) is 1. The second-order valence-corrected chi connectivity index (χ2v) is 13.8.